The molecule has 2 aliphatic rings. The molecule has 2 heterocycles. The molecule has 2 aliphatic heterocycles. The molecule has 2 saturated heterocycles. The standard InChI is InChI=1S/C23H25N3O6/c1-29-20-8-3-16(11-21(20)30-2)12-24-13-19-14-26(23(28)32-19)18-6-4-17(5-7-18)25-9-10-31-15-22(25)27/h3-8,11-12,19H,9-10,13-15H2,1-2H3. The van der Waals surface area contributed by atoms with Crippen LogP contribution in [0, 0.1) is 0 Å². The van der Waals surface area contributed by atoms with Crippen LogP contribution in [0.5, 0.6) is 11.5 Å². The van der Waals surface area contributed by atoms with E-state index in [1.807, 2.05) is 42.5 Å². The molecule has 2 fully saturated rings. The van der Waals surface area contributed by atoms with Crippen molar-refractivity contribution < 1.29 is 28.5 Å². The first kappa shape index (κ1) is 21.6. The lowest BCUT2D eigenvalue weighted by molar-refractivity contribution is -0.125. The summed E-state index contributed by atoms with van der Waals surface area (Å²) in [5, 5.41) is 0. The van der Waals surface area contributed by atoms with Gasteiger partial charge in [0.2, 0.25) is 0 Å². The zero-order valence-electron chi connectivity index (χ0n) is 18.0. The van der Waals surface area contributed by atoms with Crippen molar-refractivity contribution in [1.82, 2.24) is 0 Å². The normalized spacial score (nSPS) is 18.9. The topological polar surface area (TPSA) is 89.9 Å². The van der Waals surface area contributed by atoms with Crippen LogP contribution in [-0.4, -0.2) is 71.4 Å². The second kappa shape index (κ2) is 9.69. The molecule has 0 aromatic heterocycles. The molecule has 0 N–H and O–H groups in total. The van der Waals surface area contributed by atoms with Crippen LogP contribution in [0.15, 0.2) is 47.5 Å². The number of morpholine rings is 1. The highest BCUT2D eigenvalue weighted by Crippen LogP contribution is 2.27. The highest BCUT2D eigenvalue weighted by molar-refractivity contribution is 5.95. The van der Waals surface area contributed by atoms with Crippen molar-refractivity contribution in [2.24, 2.45) is 4.99 Å². The predicted octanol–water partition coefficient (Wildman–Crippen LogP) is 2.51. The molecule has 2 aromatic carbocycles. The first-order valence-electron chi connectivity index (χ1n) is 10.3. The summed E-state index contributed by atoms with van der Waals surface area (Å²) in [6.45, 7) is 1.86. The van der Waals surface area contributed by atoms with Gasteiger partial charge in [-0.05, 0) is 48.0 Å². The Bertz CT molecular complexity index is 1010. The Hall–Kier alpha value is -3.59. The van der Waals surface area contributed by atoms with Gasteiger partial charge in [0.15, 0.2) is 11.5 Å². The third-order valence-electron chi connectivity index (χ3n) is 5.29. The minimum Gasteiger partial charge on any atom is -0.493 e. The lowest BCUT2D eigenvalue weighted by Gasteiger charge is -2.27. The fraction of sp³-hybridized carbons (Fsp3) is 0.348. The highest BCUT2D eigenvalue weighted by Gasteiger charge is 2.32. The summed E-state index contributed by atoms with van der Waals surface area (Å²) in [5.41, 5.74) is 2.36. The number of benzene rings is 2. The number of carbonyl (C=O) groups is 2. The van der Waals surface area contributed by atoms with E-state index < -0.39 is 6.09 Å². The Morgan fingerprint density at radius 2 is 1.75 bits per heavy atom. The summed E-state index contributed by atoms with van der Waals surface area (Å²) in [6, 6.07) is 12.8. The SMILES string of the molecule is COc1ccc(C=NCC2CN(c3ccc(N4CCOCC4=O)cc3)C(=O)O2)cc1OC. The first-order valence-corrected chi connectivity index (χ1v) is 10.3. The van der Waals surface area contributed by atoms with Gasteiger partial charge in [0.05, 0.1) is 33.9 Å². The smallest absolute Gasteiger partial charge is 0.414 e. The van der Waals surface area contributed by atoms with E-state index in [9.17, 15) is 9.59 Å². The van der Waals surface area contributed by atoms with Gasteiger partial charge in [-0.15, -0.1) is 0 Å². The number of hydrogen-bond donors (Lipinski definition) is 0. The minimum absolute atomic E-state index is 0.0722. The maximum atomic E-state index is 12.4. The Balaban J connectivity index is 1.36. The van der Waals surface area contributed by atoms with Gasteiger partial charge in [-0.3, -0.25) is 14.7 Å². The van der Waals surface area contributed by atoms with Crippen molar-refractivity contribution in [3.05, 3.63) is 48.0 Å². The summed E-state index contributed by atoms with van der Waals surface area (Å²) in [6.07, 6.45) is 0.956. The van der Waals surface area contributed by atoms with E-state index in [-0.39, 0.29) is 18.6 Å². The summed E-state index contributed by atoms with van der Waals surface area (Å²) >= 11 is 0. The van der Waals surface area contributed by atoms with Crippen LogP contribution >= 0.6 is 0 Å². The average molecular weight is 439 g/mol. The molecule has 0 saturated carbocycles. The molecule has 0 aliphatic carbocycles. The van der Waals surface area contributed by atoms with E-state index >= 15 is 0 Å². The van der Waals surface area contributed by atoms with Crippen LogP contribution in [0.3, 0.4) is 0 Å². The molecule has 2 aromatic rings. The molecule has 0 spiro atoms. The molecule has 1 atom stereocenters. The van der Waals surface area contributed by atoms with Crippen LogP contribution in [-0.2, 0) is 14.3 Å². The van der Waals surface area contributed by atoms with Crippen LogP contribution in [0.25, 0.3) is 0 Å². The average Bonchev–Trinajstić information content (AvgIpc) is 3.19. The number of cyclic esters (lactones) is 1. The zero-order valence-corrected chi connectivity index (χ0v) is 18.0. The van der Waals surface area contributed by atoms with Crippen LogP contribution in [0.4, 0.5) is 16.2 Å². The van der Waals surface area contributed by atoms with Gasteiger partial charge in [-0.2, -0.15) is 0 Å². The van der Waals surface area contributed by atoms with Gasteiger partial charge in [0, 0.05) is 24.1 Å². The van der Waals surface area contributed by atoms with Gasteiger partial charge in [0.25, 0.3) is 5.91 Å². The number of methoxy groups -OCH3 is 2. The molecule has 4 rings (SSSR count). The van der Waals surface area contributed by atoms with E-state index in [4.69, 9.17) is 18.9 Å². The highest BCUT2D eigenvalue weighted by atomic mass is 16.6. The molecular weight excluding hydrogens is 414 g/mol. The number of hydrogen-bond acceptors (Lipinski definition) is 7. The maximum Gasteiger partial charge on any atom is 0.414 e. The molecule has 0 bridgehead atoms. The molecule has 2 amide bonds. The van der Waals surface area contributed by atoms with Crippen LogP contribution in [0.1, 0.15) is 5.56 Å². The lowest BCUT2D eigenvalue weighted by Crippen LogP contribution is -2.41. The molecule has 9 nitrogen and oxygen atoms in total. The van der Waals surface area contributed by atoms with E-state index in [1.54, 1.807) is 30.2 Å². The Morgan fingerprint density at radius 1 is 1.03 bits per heavy atom. The molecule has 168 valence electrons. The predicted molar refractivity (Wildman–Crippen MR) is 119 cm³/mol. The van der Waals surface area contributed by atoms with Crippen LogP contribution in [0.2, 0.25) is 0 Å². The van der Waals surface area contributed by atoms with Crippen molar-refractivity contribution in [2.75, 3.05) is 56.9 Å². The van der Waals surface area contributed by atoms with E-state index in [2.05, 4.69) is 4.99 Å². The summed E-state index contributed by atoms with van der Waals surface area (Å²) in [5.74, 6) is 1.20. The van der Waals surface area contributed by atoms with E-state index in [0.29, 0.717) is 43.4 Å². The quantitative estimate of drug-likeness (QED) is 0.616. The number of nitrogens with zero attached hydrogens (tertiary/aromatic N) is 3. The Labute approximate surface area is 186 Å². The number of amides is 2. The van der Waals surface area contributed by atoms with Crippen molar-refractivity contribution in [1.29, 1.82) is 0 Å². The largest absolute Gasteiger partial charge is 0.493 e. The van der Waals surface area contributed by atoms with E-state index in [0.717, 1.165) is 11.3 Å². The second-order valence-corrected chi connectivity index (χ2v) is 7.34. The minimum atomic E-state index is -0.411. The molecule has 1 unspecified atom stereocenters. The van der Waals surface area contributed by atoms with Crippen molar-refractivity contribution >= 4 is 29.6 Å². The molecule has 0 radical (unpaired) electrons. The molecule has 9 heteroatoms. The fourth-order valence-corrected chi connectivity index (χ4v) is 3.64. The van der Waals surface area contributed by atoms with Crippen molar-refractivity contribution in [3.8, 4) is 11.5 Å². The lowest BCUT2D eigenvalue weighted by atomic mass is 10.2. The second-order valence-electron chi connectivity index (χ2n) is 7.34. The van der Waals surface area contributed by atoms with Gasteiger partial charge in [-0.1, -0.05) is 0 Å². The summed E-state index contributed by atoms with van der Waals surface area (Å²) in [7, 11) is 3.16. The number of anilines is 2. The molecule has 32 heavy (non-hydrogen) atoms. The maximum absolute atomic E-state index is 12.4. The number of aliphatic imine (C=N–C) groups is 1. The third kappa shape index (κ3) is 4.67. The summed E-state index contributed by atoms with van der Waals surface area (Å²) in [4.78, 5) is 32.0. The summed E-state index contributed by atoms with van der Waals surface area (Å²) < 4.78 is 21.2. The van der Waals surface area contributed by atoms with Gasteiger partial charge in [0.1, 0.15) is 12.7 Å². The van der Waals surface area contributed by atoms with Gasteiger partial charge < -0.3 is 23.8 Å². The van der Waals surface area contributed by atoms with Gasteiger partial charge >= 0.3 is 6.09 Å². The fourth-order valence-electron chi connectivity index (χ4n) is 3.64. The third-order valence-corrected chi connectivity index (χ3v) is 5.29. The van der Waals surface area contributed by atoms with Crippen molar-refractivity contribution in [2.45, 2.75) is 6.10 Å². The van der Waals surface area contributed by atoms with Crippen LogP contribution < -0.4 is 19.3 Å². The zero-order chi connectivity index (χ0) is 22.5. The van der Waals surface area contributed by atoms with Crippen molar-refractivity contribution in [3.63, 3.8) is 0 Å². The molecular formula is C23H25N3O6. The van der Waals surface area contributed by atoms with E-state index in [1.165, 1.54) is 0 Å². The Morgan fingerprint density at radius 3 is 2.44 bits per heavy atom. The number of ether oxygens (including phenoxy) is 4. The monoisotopic (exact) mass is 439 g/mol. The first-order chi connectivity index (χ1) is 15.6. The Kier molecular flexibility index (Phi) is 6.55. The van der Waals surface area contributed by atoms with Gasteiger partial charge in [-0.25, -0.2) is 4.79 Å². The number of rotatable bonds is 7. The number of carbonyl (C=O) groups excluding carboxylic acids is 2.